The Hall–Kier alpha value is -3.33. The summed E-state index contributed by atoms with van der Waals surface area (Å²) in [6.07, 6.45) is 4.50. The second-order valence-electron chi connectivity index (χ2n) is 4.09. The molecule has 0 radical (unpaired) electrons. The Morgan fingerprint density at radius 3 is 2.62 bits per heavy atom. The van der Waals surface area contributed by atoms with Crippen molar-refractivity contribution in [3.63, 3.8) is 0 Å². The quantitative estimate of drug-likeness (QED) is 0.282. The summed E-state index contributed by atoms with van der Waals surface area (Å²) >= 11 is 0. The van der Waals surface area contributed by atoms with Gasteiger partial charge in [-0.15, -0.1) is 0 Å². The fraction of sp³-hybridized carbons (Fsp3) is 0. The van der Waals surface area contributed by atoms with Crippen LogP contribution in [0.5, 0.6) is 0 Å². The first-order valence-electron chi connectivity index (χ1n) is 5.93. The highest BCUT2D eigenvalue weighted by atomic mass is 16.6. The standard InChI is InChI=1S/C15H9N3O3/c16-10-13(8-11-4-6-17-7-5-11)15(19)12-2-1-3-14(9-12)18(20)21/h1-9H/b13-8+. The maximum Gasteiger partial charge on any atom is 0.270 e. The number of non-ortho nitro benzene ring substituents is 1. The maximum atomic E-state index is 12.2. The summed E-state index contributed by atoms with van der Waals surface area (Å²) in [4.78, 5) is 26.2. The topological polar surface area (TPSA) is 96.9 Å². The molecule has 0 fully saturated rings. The number of hydrogen-bond donors (Lipinski definition) is 0. The average molecular weight is 279 g/mol. The number of Topliss-reactive ketones (excluding diaryl/α,β-unsaturated/α-hetero) is 1. The van der Waals surface area contributed by atoms with Gasteiger partial charge in [0.05, 0.1) is 4.92 Å². The lowest BCUT2D eigenvalue weighted by molar-refractivity contribution is -0.384. The maximum absolute atomic E-state index is 12.2. The van der Waals surface area contributed by atoms with Crippen molar-refractivity contribution in [2.75, 3.05) is 0 Å². The van der Waals surface area contributed by atoms with Gasteiger partial charge < -0.3 is 0 Å². The molecule has 1 heterocycles. The van der Waals surface area contributed by atoms with E-state index in [1.165, 1.54) is 24.3 Å². The molecule has 0 unspecified atom stereocenters. The normalized spacial score (nSPS) is 10.7. The van der Waals surface area contributed by atoms with Crippen molar-refractivity contribution in [3.8, 4) is 6.07 Å². The van der Waals surface area contributed by atoms with Gasteiger partial charge in [0.25, 0.3) is 5.69 Å². The van der Waals surface area contributed by atoms with Crippen molar-refractivity contribution in [3.05, 3.63) is 75.6 Å². The SMILES string of the molecule is N#C/C(=C\c1ccncc1)C(=O)c1cccc([N+](=O)[O-])c1. The molecule has 0 aliphatic carbocycles. The lowest BCUT2D eigenvalue weighted by Gasteiger charge is -2.00. The van der Waals surface area contributed by atoms with E-state index in [9.17, 15) is 14.9 Å². The van der Waals surface area contributed by atoms with Gasteiger partial charge in [-0.2, -0.15) is 5.26 Å². The summed E-state index contributed by atoms with van der Waals surface area (Å²) in [6.45, 7) is 0. The summed E-state index contributed by atoms with van der Waals surface area (Å²) in [6, 6.07) is 10.4. The lowest BCUT2D eigenvalue weighted by atomic mass is 10.0. The zero-order valence-corrected chi connectivity index (χ0v) is 10.8. The molecule has 102 valence electrons. The molecule has 0 aliphatic rings. The Labute approximate surface area is 120 Å². The van der Waals surface area contributed by atoms with E-state index in [-0.39, 0.29) is 16.8 Å². The number of benzene rings is 1. The highest BCUT2D eigenvalue weighted by Crippen LogP contribution is 2.17. The number of nitrogens with zero attached hydrogens (tertiary/aromatic N) is 3. The minimum Gasteiger partial charge on any atom is -0.288 e. The molecule has 0 aliphatic heterocycles. The van der Waals surface area contributed by atoms with Gasteiger partial charge in [0, 0.05) is 30.1 Å². The van der Waals surface area contributed by atoms with Crippen molar-refractivity contribution >= 4 is 17.5 Å². The third-order valence-corrected chi connectivity index (χ3v) is 2.70. The van der Waals surface area contributed by atoms with Crippen molar-refractivity contribution in [1.82, 2.24) is 4.98 Å². The van der Waals surface area contributed by atoms with E-state index in [1.54, 1.807) is 24.5 Å². The Bertz CT molecular complexity index is 761. The predicted octanol–water partition coefficient (Wildman–Crippen LogP) is 2.78. The highest BCUT2D eigenvalue weighted by molar-refractivity contribution is 6.14. The summed E-state index contributed by atoms with van der Waals surface area (Å²) in [5.41, 5.74) is 0.468. The van der Waals surface area contributed by atoms with Gasteiger partial charge in [-0.25, -0.2) is 0 Å². The zero-order valence-electron chi connectivity index (χ0n) is 10.8. The first-order chi connectivity index (χ1) is 10.1. The summed E-state index contributed by atoms with van der Waals surface area (Å²) in [5, 5.41) is 19.8. The molecule has 0 bridgehead atoms. The van der Waals surface area contributed by atoms with Crippen LogP contribution in [0.2, 0.25) is 0 Å². The van der Waals surface area contributed by atoms with E-state index in [0.29, 0.717) is 5.56 Å². The van der Waals surface area contributed by atoms with Crippen LogP contribution in [0.4, 0.5) is 5.69 Å². The van der Waals surface area contributed by atoms with Crippen molar-refractivity contribution in [2.24, 2.45) is 0 Å². The number of rotatable bonds is 4. The first kappa shape index (κ1) is 14.1. The molecule has 0 saturated heterocycles. The Balaban J connectivity index is 2.38. The van der Waals surface area contributed by atoms with E-state index >= 15 is 0 Å². The molecular formula is C15H9N3O3. The number of aromatic nitrogens is 1. The molecular weight excluding hydrogens is 270 g/mol. The monoisotopic (exact) mass is 279 g/mol. The van der Waals surface area contributed by atoms with E-state index in [0.717, 1.165) is 6.07 Å². The number of carbonyl (C=O) groups is 1. The minimum atomic E-state index is -0.588. The molecule has 21 heavy (non-hydrogen) atoms. The predicted molar refractivity (Wildman–Crippen MR) is 75.3 cm³/mol. The van der Waals surface area contributed by atoms with Crippen LogP contribution in [0, 0.1) is 21.4 Å². The van der Waals surface area contributed by atoms with Gasteiger partial charge in [0.2, 0.25) is 5.78 Å². The number of allylic oxidation sites excluding steroid dienone is 1. The third kappa shape index (κ3) is 3.36. The molecule has 0 amide bonds. The van der Waals surface area contributed by atoms with Crippen LogP contribution < -0.4 is 0 Å². The van der Waals surface area contributed by atoms with Crippen LogP contribution in [-0.2, 0) is 0 Å². The van der Waals surface area contributed by atoms with E-state index in [2.05, 4.69) is 4.98 Å². The van der Waals surface area contributed by atoms with E-state index < -0.39 is 10.7 Å². The molecule has 6 nitrogen and oxygen atoms in total. The Morgan fingerprint density at radius 1 is 1.29 bits per heavy atom. The van der Waals surface area contributed by atoms with Gasteiger partial charge in [-0.1, -0.05) is 12.1 Å². The average Bonchev–Trinajstić information content (AvgIpc) is 2.53. The van der Waals surface area contributed by atoms with Crippen LogP contribution in [0.3, 0.4) is 0 Å². The second kappa shape index (κ2) is 6.21. The van der Waals surface area contributed by atoms with Crippen molar-refractivity contribution < 1.29 is 9.72 Å². The second-order valence-corrected chi connectivity index (χ2v) is 4.09. The van der Waals surface area contributed by atoms with Crippen molar-refractivity contribution in [1.29, 1.82) is 5.26 Å². The molecule has 0 N–H and O–H groups in total. The number of nitriles is 1. The van der Waals surface area contributed by atoms with Crippen LogP contribution in [0.1, 0.15) is 15.9 Å². The fourth-order valence-corrected chi connectivity index (χ4v) is 1.69. The van der Waals surface area contributed by atoms with Crippen LogP contribution in [0.15, 0.2) is 54.4 Å². The third-order valence-electron chi connectivity index (χ3n) is 2.70. The van der Waals surface area contributed by atoms with E-state index in [1.807, 2.05) is 6.07 Å². The number of pyridine rings is 1. The Kier molecular flexibility index (Phi) is 4.17. The molecule has 1 aromatic heterocycles. The molecule has 1 aromatic carbocycles. The number of ketones is 1. The summed E-state index contributed by atoms with van der Waals surface area (Å²) < 4.78 is 0. The zero-order chi connectivity index (χ0) is 15.2. The summed E-state index contributed by atoms with van der Waals surface area (Å²) in [7, 11) is 0. The number of nitro benzene ring substituents is 1. The molecule has 6 heteroatoms. The minimum absolute atomic E-state index is 0.0957. The molecule has 2 aromatic rings. The van der Waals surface area contributed by atoms with Crippen LogP contribution >= 0.6 is 0 Å². The number of hydrogen-bond acceptors (Lipinski definition) is 5. The Morgan fingerprint density at radius 2 is 2.00 bits per heavy atom. The van der Waals surface area contributed by atoms with Crippen LogP contribution in [-0.4, -0.2) is 15.7 Å². The lowest BCUT2D eigenvalue weighted by Crippen LogP contribution is -2.02. The van der Waals surface area contributed by atoms with Gasteiger partial charge in [-0.05, 0) is 23.8 Å². The largest absolute Gasteiger partial charge is 0.288 e. The number of carbonyl (C=O) groups excluding carboxylic acids is 1. The number of nitro groups is 1. The fourth-order valence-electron chi connectivity index (χ4n) is 1.69. The summed E-state index contributed by atoms with van der Waals surface area (Å²) in [5.74, 6) is -0.557. The smallest absolute Gasteiger partial charge is 0.270 e. The first-order valence-corrected chi connectivity index (χ1v) is 5.93. The van der Waals surface area contributed by atoms with Gasteiger partial charge >= 0.3 is 0 Å². The van der Waals surface area contributed by atoms with Gasteiger partial charge in [0.1, 0.15) is 11.6 Å². The highest BCUT2D eigenvalue weighted by Gasteiger charge is 2.15. The van der Waals surface area contributed by atoms with Gasteiger partial charge in [-0.3, -0.25) is 19.9 Å². The van der Waals surface area contributed by atoms with Gasteiger partial charge in [0.15, 0.2) is 0 Å². The molecule has 2 rings (SSSR count). The van der Waals surface area contributed by atoms with Crippen molar-refractivity contribution in [2.45, 2.75) is 0 Å². The molecule has 0 atom stereocenters. The van der Waals surface area contributed by atoms with Crippen LogP contribution in [0.25, 0.3) is 6.08 Å². The molecule has 0 saturated carbocycles. The van der Waals surface area contributed by atoms with E-state index in [4.69, 9.17) is 5.26 Å². The molecule has 0 spiro atoms.